The van der Waals surface area contributed by atoms with E-state index in [2.05, 4.69) is 4.72 Å². The first-order valence-electron chi connectivity index (χ1n) is 7.33. The molecule has 138 valence electrons. The van der Waals surface area contributed by atoms with Gasteiger partial charge in [0.15, 0.2) is 0 Å². The average Bonchev–Trinajstić information content (AvgIpc) is 2.93. The minimum Gasteiger partial charge on any atom is -0.375 e. The molecule has 1 aromatic carbocycles. The number of benzene rings is 1. The zero-order valence-electron chi connectivity index (χ0n) is 13.6. The third-order valence-corrected chi connectivity index (χ3v) is 5.90. The Kier molecular flexibility index (Phi) is 6.26. The highest BCUT2D eigenvalue weighted by Gasteiger charge is 2.30. The molecule has 0 aliphatic heterocycles. The van der Waals surface area contributed by atoms with Crippen LogP contribution in [0, 0.1) is 6.92 Å². The van der Waals surface area contributed by atoms with Gasteiger partial charge in [0.25, 0.3) is 0 Å². The molecule has 2 aromatic rings. The van der Waals surface area contributed by atoms with Crippen LogP contribution in [0.25, 0.3) is 0 Å². The smallest absolute Gasteiger partial charge is 0.375 e. The zero-order valence-corrected chi connectivity index (χ0v) is 15.3. The van der Waals surface area contributed by atoms with Gasteiger partial charge in [-0.3, -0.25) is 0 Å². The van der Waals surface area contributed by atoms with E-state index in [-0.39, 0.29) is 12.1 Å². The van der Waals surface area contributed by atoms with Gasteiger partial charge in [0.05, 0.1) is 11.3 Å². The van der Waals surface area contributed by atoms with E-state index in [9.17, 15) is 21.6 Å². The van der Waals surface area contributed by atoms with Gasteiger partial charge in [0.2, 0.25) is 10.0 Å². The maximum absolute atomic E-state index is 12.5. The van der Waals surface area contributed by atoms with Crippen molar-refractivity contribution in [3.05, 3.63) is 57.3 Å². The number of hydrogen-bond donors (Lipinski definition) is 1. The lowest BCUT2D eigenvalue weighted by atomic mass is 10.1. The van der Waals surface area contributed by atoms with Crippen LogP contribution < -0.4 is 4.72 Å². The van der Waals surface area contributed by atoms with Crippen molar-refractivity contribution in [1.82, 2.24) is 4.72 Å². The number of ether oxygens (including phenoxy) is 1. The van der Waals surface area contributed by atoms with Crippen LogP contribution in [0.4, 0.5) is 13.2 Å². The summed E-state index contributed by atoms with van der Waals surface area (Å²) in [5.41, 5.74) is -0.532. The molecule has 0 saturated carbocycles. The van der Waals surface area contributed by atoms with Gasteiger partial charge in [-0.05, 0) is 36.8 Å². The highest BCUT2D eigenvalue weighted by Crippen LogP contribution is 2.29. The molecule has 1 heterocycles. The number of thiophene rings is 1. The van der Waals surface area contributed by atoms with Gasteiger partial charge in [-0.15, -0.1) is 11.3 Å². The molecular weight excluding hydrogens is 375 g/mol. The second kappa shape index (κ2) is 7.86. The van der Waals surface area contributed by atoms with E-state index in [4.69, 9.17) is 4.74 Å². The highest BCUT2D eigenvalue weighted by atomic mass is 32.2. The molecule has 0 amide bonds. The largest absolute Gasteiger partial charge is 0.416 e. The van der Waals surface area contributed by atoms with Crippen molar-refractivity contribution in [1.29, 1.82) is 0 Å². The number of sulfonamides is 1. The summed E-state index contributed by atoms with van der Waals surface area (Å²) in [6, 6.07) is 7.87. The molecule has 0 radical (unpaired) electrons. The number of halogens is 3. The number of methoxy groups -OCH3 is 1. The zero-order chi connectivity index (χ0) is 18.7. The van der Waals surface area contributed by atoms with E-state index in [0.29, 0.717) is 0 Å². The van der Waals surface area contributed by atoms with Gasteiger partial charge >= 0.3 is 6.18 Å². The van der Waals surface area contributed by atoms with Crippen LogP contribution in [0.1, 0.15) is 27.0 Å². The molecule has 0 aliphatic rings. The Hall–Kier alpha value is -1.42. The van der Waals surface area contributed by atoms with Crippen LogP contribution in [0.3, 0.4) is 0 Å². The Bertz CT molecular complexity index is 799. The van der Waals surface area contributed by atoms with Crippen molar-refractivity contribution >= 4 is 21.4 Å². The van der Waals surface area contributed by atoms with Crippen molar-refractivity contribution in [3.8, 4) is 0 Å². The lowest BCUT2D eigenvalue weighted by Crippen LogP contribution is -2.30. The first-order valence-corrected chi connectivity index (χ1v) is 9.80. The average molecular weight is 393 g/mol. The Balaban J connectivity index is 1.99. The van der Waals surface area contributed by atoms with Crippen molar-refractivity contribution in [2.75, 3.05) is 13.7 Å². The molecule has 0 bridgehead atoms. The summed E-state index contributed by atoms with van der Waals surface area (Å²) in [5, 5.41) is 0. The second-order valence-electron chi connectivity index (χ2n) is 5.47. The standard InChI is InChI=1S/C16H18F3NO3S2/c1-11-3-8-15(24-11)14(23-2)9-20-25(21,22)10-12-4-6-13(7-5-12)16(17,18)19/h3-8,14,20H,9-10H2,1-2H3/t14-/m1/s1. The maximum atomic E-state index is 12.5. The fourth-order valence-corrected chi connectivity index (χ4v) is 4.28. The van der Waals surface area contributed by atoms with Crippen LogP contribution in [-0.2, 0) is 26.7 Å². The molecule has 0 aliphatic carbocycles. The minimum atomic E-state index is -4.44. The van der Waals surface area contributed by atoms with Gasteiger partial charge in [-0.25, -0.2) is 13.1 Å². The van der Waals surface area contributed by atoms with Crippen LogP contribution >= 0.6 is 11.3 Å². The Morgan fingerprint density at radius 2 is 1.80 bits per heavy atom. The Morgan fingerprint density at radius 1 is 1.16 bits per heavy atom. The van der Waals surface area contributed by atoms with E-state index in [1.54, 1.807) is 0 Å². The van der Waals surface area contributed by atoms with Crippen LogP contribution in [0.5, 0.6) is 0 Å². The maximum Gasteiger partial charge on any atom is 0.416 e. The molecule has 1 atom stereocenters. The monoisotopic (exact) mass is 393 g/mol. The molecule has 0 saturated heterocycles. The second-order valence-corrected chi connectivity index (χ2v) is 8.60. The number of alkyl halides is 3. The molecule has 2 rings (SSSR count). The summed E-state index contributed by atoms with van der Waals surface area (Å²) in [4.78, 5) is 1.99. The van der Waals surface area contributed by atoms with Gasteiger partial charge in [-0.1, -0.05) is 12.1 Å². The molecule has 1 N–H and O–H groups in total. The molecule has 0 unspecified atom stereocenters. The number of aryl methyl sites for hydroxylation is 1. The third-order valence-electron chi connectivity index (χ3n) is 3.49. The van der Waals surface area contributed by atoms with Crippen LogP contribution in [-0.4, -0.2) is 22.1 Å². The van der Waals surface area contributed by atoms with Gasteiger partial charge < -0.3 is 4.74 Å². The van der Waals surface area contributed by atoms with E-state index in [1.807, 2.05) is 19.1 Å². The minimum absolute atomic E-state index is 0.0550. The molecule has 4 nitrogen and oxygen atoms in total. The molecule has 0 spiro atoms. The highest BCUT2D eigenvalue weighted by molar-refractivity contribution is 7.88. The fraction of sp³-hybridized carbons (Fsp3) is 0.375. The van der Waals surface area contributed by atoms with Crippen molar-refractivity contribution < 1.29 is 26.3 Å². The quantitative estimate of drug-likeness (QED) is 0.777. The van der Waals surface area contributed by atoms with Gasteiger partial charge in [0, 0.05) is 23.4 Å². The summed E-state index contributed by atoms with van der Waals surface area (Å²) in [5.74, 6) is -0.398. The third kappa shape index (κ3) is 5.81. The molecular formula is C16H18F3NO3S2. The Labute approximate surface area is 148 Å². The first kappa shape index (κ1) is 19.9. The predicted octanol–water partition coefficient (Wildman–Crippen LogP) is 3.88. The number of nitrogens with one attached hydrogen (secondary N) is 1. The molecule has 9 heteroatoms. The normalized spacial score (nSPS) is 13.8. The predicted molar refractivity (Wildman–Crippen MR) is 90.9 cm³/mol. The molecule has 1 aromatic heterocycles. The van der Waals surface area contributed by atoms with E-state index in [1.165, 1.54) is 30.6 Å². The summed E-state index contributed by atoms with van der Waals surface area (Å²) in [7, 11) is -2.21. The van der Waals surface area contributed by atoms with Gasteiger partial charge in [0.1, 0.15) is 6.10 Å². The van der Waals surface area contributed by atoms with Crippen molar-refractivity contribution in [2.24, 2.45) is 0 Å². The van der Waals surface area contributed by atoms with Crippen molar-refractivity contribution in [2.45, 2.75) is 25.0 Å². The lowest BCUT2D eigenvalue weighted by molar-refractivity contribution is -0.137. The number of rotatable bonds is 7. The Morgan fingerprint density at radius 3 is 2.28 bits per heavy atom. The van der Waals surface area contributed by atoms with E-state index < -0.39 is 33.6 Å². The topological polar surface area (TPSA) is 55.4 Å². The summed E-state index contributed by atoms with van der Waals surface area (Å²) < 4.78 is 69.6. The van der Waals surface area contributed by atoms with E-state index >= 15 is 0 Å². The molecule has 25 heavy (non-hydrogen) atoms. The van der Waals surface area contributed by atoms with Crippen LogP contribution in [0.2, 0.25) is 0 Å². The number of hydrogen-bond acceptors (Lipinski definition) is 4. The summed E-state index contributed by atoms with van der Waals surface area (Å²) in [6.45, 7) is 2.00. The fourth-order valence-electron chi connectivity index (χ4n) is 2.19. The molecule has 0 fully saturated rings. The SMILES string of the molecule is CO[C@H](CNS(=O)(=O)Cc1ccc(C(F)(F)F)cc1)c1ccc(C)s1. The summed E-state index contributed by atoms with van der Waals surface area (Å²) >= 11 is 1.51. The van der Waals surface area contributed by atoms with Crippen molar-refractivity contribution in [3.63, 3.8) is 0 Å². The first-order chi connectivity index (χ1) is 11.6. The lowest BCUT2D eigenvalue weighted by Gasteiger charge is -2.15. The van der Waals surface area contributed by atoms with Crippen LogP contribution in [0.15, 0.2) is 36.4 Å². The summed E-state index contributed by atoms with van der Waals surface area (Å²) in [6.07, 6.45) is -4.86. The van der Waals surface area contributed by atoms with E-state index in [0.717, 1.165) is 21.9 Å². The van der Waals surface area contributed by atoms with Gasteiger partial charge in [-0.2, -0.15) is 13.2 Å².